The Labute approximate surface area is 153 Å². The molecule has 0 saturated carbocycles. The maximum atomic E-state index is 12.0. The zero-order chi connectivity index (χ0) is 19.4. The van der Waals surface area contributed by atoms with Gasteiger partial charge < -0.3 is 14.8 Å². The van der Waals surface area contributed by atoms with Crippen LogP contribution >= 0.6 is 0 Å². The predicted octanol–water partition coefficient (Wildman–Crippen LogP) is 0.949. The molecule has 0 aromatic heterocycles. The van der Waals surface area contributed by atoms with Gasteiger partial charge in [0.05, 0.1) is 26.8 Å². The second-order valence-corrected chi connectivity index (χ2v) is 5.52. The predicted molar refractivity (Wildman–Crippen MR) is 97.0 cm³/mol. The Morgan fingerprint density at radius 3 is 2.27 bits per heavy atom. The maximum Gasteiger partial charge on any atom is 0.413 e. The van der Waals surface area contributed by atoms with Crippen LogP contribution < -0.4 is 15.4 Å². The van der Waals surface area contributed by atoms with Crippen LogP contribution in [-0.2, 0) is 20.7 Å². The number of amides is 3. The average molecular weight is 365 g/mol. The third-order valence-corrected chi connectivity index (χ3v) is 3.59. The molecule has 0 saturated heterocycles. The summed E-state index contributed by atoms with van der Waals surface area (Å²) in [7, 11) is 1.61. The van der Waals surface area contributed by atoms with Gasteiger partial charge in [0.15, 0.2) is 0 Å². The summed E-state index contributed by atoms with van der Waals surface area (Å²) in [5.74, 6) is 0.109. The lowest BCUT2D eigenvalue weighted by Crippen LogP contribution is -2.44. The zero-order valence-corrected chi connectivity index (χ0v) is 15.5. The largest absolute Gasteiger partial charge is 0.497 e. The van der Waals surface area contributed by atoms with Gasteiger partial charge in [-0.2, -0.15) is 0 Å². The van der Waals surface area contributed by atoms with E-state index in [9.17, 15) is 14.4 Å². The second kappa shape index (κ2) is 11.9. The Balaban J connectivity index is 2.32. The Morgan fingerprint density at radius 2 is 1.69 bits per heavy atom. The molecule has 0 unspecified atom stereocenters. The minimum absolute atomic E-state index is 0.0544. The highest BCUT2D eigenvalue weighted by atomic mass is 16.5. The molecular weight excluding hydrogens is 338 g/mol. The van der Waals surface area contributed by atoms with Crippen molar-refractivity contribution in [3.63, 3.8) is 0 Å². The molecule has 0 bridgehead atoms. The highest BCUT2D eigenvalue weighted by molar-refractivity contribution is 5.93. The Bertz CT molecular complexity index is 589. The lowest BCUT2D eigenvalue weighted by molar-refractivity contribution is -0.124. The maximum absolute atomic E-state index is 12.0. The molecule has 0 aliphatic heterocycles. The van der Waals surface area contributed by atoms with E-state index in [-0.39, 0.29) is 25.6 Å². The van der Waals surface area contributed by atoms with Gasteiger partial charge in [0.1, 0.15) is 5.75 Å². The minimum Gasteiger partial charge on any atom is -0.497 e. The SMILES string of the molecule is CCOC(=O)NC(=O)CN(CC)CC(=O)NCCc1ccc(OC)cc1. The standard InChI is InChI=1S/C18H27N3O5/c1-4-21(13-17(23)20-18(24)26-5-2)12-16(22)19-11-10-14-6-8-15(25-3)9-7-14/h6-9H,4-5,10-13H2,1-3H3,(H,19,22)(H,20,23,24). The number of nitrogens with one attached hydrogen (secondary N) is 2. The Kier molecular flexibility index (Phi) is 9.78. The van der Waals surface area contributed by atoms with Crippen LogP contribution in [0.2, 0.25) is 0 Å². The fourth-order valence-electron chi connectivity index (χ4n) is 2.20. The summed E-state index contributed by atoms with van der Waals surface area (Å²) in [5.41, 5.74) is 1.09. The van der Waals surface area contributed by atoms with Gasteiger partial charge in [-0.25, -0.2) is 4.79 Å². The van der Waals surface area contributed by atoms with Gasteiger partial charge in [-0.1, -0.05) is 19.1 Å². The molecule has 1 aromatic rings. The van der Waals surface area contributed by atoms with Gasteiger partial charge >= 0.3 is 6.09 Å². The third kappa shape index (κ3) is 8.48. The quantitative estimate of drug-likeness (QED) is 0.641. The first-order valence-electron chi connectivity index (χ1n) is 8.57. The minimum atomic E-state index is -0.780. The van der Waals surface area contributed by atoms with Crippen molar-refractivity contribution in [2.75, 3.05) is 39.9 Å². The van der Waals surface area contributed by atoms with Crippen molar-refractivity contribution in [1.82, 2.24) is 15.5 Å². The van der Waals surface area contributed by atoms with Crippen molar-refractivity contribution in [3.05, 3.63) is 29.8 Å². The summed E-state index contributed by atoms with van der Waals surface area (Å²) in [6, 6.07) is 7.64. The van der Waals surface area contributed by atoms with E-state index in [0.29, 0.717) is 19.5 Å². The molecular formula is C18H27N3O5. The van der Waals surface area contributed by atoms with E-state index in [2.05, 4.69) is 15.4 Å². The van der Waals surface area contributed by atoms with Crippen LogP contribution in [0, 0.1) is 0 Å². The Morgan fingerprint density at radius 1 is 1.04 bits per heavy atom. The number of benzene rings is 1. The number of carbonyl (C=O) groups is 3. The van der Waals surface area contributed by atoms with Crippen molar-refractivity contribution in [1.29, 1.82) is 0 Å². The zero-order valence-electron chi connectivity index (χ0n) is 15.5. The van der Waals surface area contributed by atoms with Crippen LogP contribution in [0.4, 0.5) is 4.79 Å². The topological polar surface area (TPSA) is 97.0 Å². The molecule has 3 amide bonds. The summed E-state index contributed by atoms with van der Waals surface area (Å²) >= 11 is 0. The molecule has 26 heavy (non-hydrogen) atoms. The second-order valence-electron chi connectivity index (χ2n) is 5.52. The molecule has 2 N–H and O–H groups in total. The number of likely N-dealkylation sites (N-methyl/N-ethyl adjacent to an activating group) is 1. The highest BCUT2D eigenvalue weighted by Crippen LogP contribution is 2.11. The van der Waals surface area contributed by atoms with E-state index in [0.717, 1.165) is 11.3 Å². The number of alkyl carbamates (subject to hydrolysis) is 1. The van der Waals surface area contributed by atoms with Crippen LogP contribution in [0.1, 0.15) is 19.4 Å². The van der Waals surface area contributed by atoms with E-state index in [1.165, 1.54) is 0 Å². The smallest absolute Gasteiger partial charge is 0.413 e. The molecule has 8 nitrogen and oxygen atoms in total. The molecule has 0 aliphatic carbocycles. The van der Waals surface area contributed by atoms with E-state index in [4.69, 9.17) is 4.74 Å². The van der Waals surface area contributed by atoms with Gasteiger partial charge in [-0.05, 0) is 37.6 Å². The number of nitrogens with zero attached hydrogens (tertiary/aromatic N) is 1. The van der Waals surface area contributed by atoms with Crippen LogP contribution in [0.25, 0.3) is 0 Å². The van der Waals surface area contributed by atoms with E-state index >= 15 is 0 Å². The monoisotopic (exact) mass is 365 g/mol. The number of hydrogen-bond donors (Lipinski definition) is 2. The molecule has 1 aromatic carbocycles. The first-order chi connectivity index (χ1) is 12.5. The van der Waals surface area contributed by atoms with E-state index in [1.807, 2.05) is 31.2 Å². The summed E-state index contributed by atoms with van der Waals surface area (Å²) in [6.45, 7) is 4.70. The first kappa shape index (κ1) is 21.4. The Hall–Kier alpha value is -2.61. The highest BCUT2D eigenvalue weighted by Gasteiger charge is 2.15. The van der Waals surface area contributed by atoms with E-state index in [1.54, 1.807) is 18.9 Å². The number of carbonyl (C=O) groups excluding carboxylic acids is 3. The summed E-state index contributed by atoms with van der Waals surface area (Å²) in [6.07, 6.45) is -0.0805. The number of rotatable bonds is 10. The molecule has 0 atom stereocenters. The molecule has 0 spiro atoms. The molecule has 1 rings (SSSR count). The van der Waals surface area contributed by atoms with Crippen molar-refractivity contribution in [2.45, 2.75) is 20.3 Å². The number of methoxy groups -OCH3 is 1. The third-order valence-electron chi connectivity index (χ3n) is 3.59. The molecule has 144 valence electrons. The number of hydrogen-bond acceptors (Lipinski definition) is 6. The fourth-order valence-corrected chi connectivity index (χ4v) is 2.20. The van der Waals surface area contributed by atoms with Gasteiger partial charge in [0, 0.05) is 6.54 Å². The molecule has 8 heteroatoms. The molecule has 0 heterocycles. The average Bonchev–Trinajstić information content (AvgIpc) is 2.61. The van der Waals surface area contributed by atoms with Crippen LogP contribution in [-0.4, -0.2) is 62.7 Å². The van der Waals surface area contributed by atoms with Gasteiger partial charge in [-0.15, -0.1) is 0 Å². The normalized spacial score (nSPS) is 10.3. The van der Waals surface area contributed by atoms with Gasteiger partial charge in [0.25, 0.3) is 0 Å². The first-order valence-corrected chi connectivity index (χ1v) is 8.57. The molecule has 0 radical (unpaired) electrons. The lowest BCUT2D eigenvalue weighted by Gasteiger charge is -2.19. The number of ether oxygens (including phenoxy) is 2. The van der Waals surface area contributed by atoms with Crippen LogP contribution in [0.3, 0.4) is 0 Å². The summed E-state index contributed by atoms with van der Waals surface area (Å²) in [5, 5.41) is 4.93. The van der Waals surface area contributed by atoms with Crippen molar-refractivity contribution >= 4 is 17.9 Å². The lowest BCUT2D eigenvalue weighted by atomic mass is 10.1. The molecule has 0 aliphatic rings. The fraction of sp³-hybridized carbons (Fsp3) is 0.500. The van der Waals surface area contributed by atoms with Gasteiger partial charge in [0.2, 0.25) is 11.8 Å². The molecule has 0 fully saturated rings. The van der Waals surface area contributed by atoms with Crippen molar-refractivity contribution < 1.29 is 23.9 Å². The van der Waals surface area contributed by atoms with Crippen LogP contribution in [0.5, 0.6) is 5.75 Å². The van der Waals surface area contributed by atoms with Crippen molar-refractivity contribution in [2.24, 2.45) is 0 Å². The van der Waals surface area contributed by atoms with E-state index < -0.39 is 12.0 Å². The summed E-state index contributed by atoms with van der Waals surface area (Å²) in [4.78, 5) is 36.6. The van der Waals surface area contributed by atoms with Crippen molar-refractivity contribution in [3.8, 4) is 5.75 Å². The number of imide groups is 1. The van der Waals surface area contributed by atoms with Gasteiger partial charge in [-0.3, -0.25) is 19.8 Å². The van der Waals surface area contributed by atoms with Crippen LogP contribution in [0.15, 0.2) is 24.3 Å². The summed E-state index contributed by atoms with van der Waals surface area (Å²) < 4.78 is 9.74.